The van der Waals surface area contributed by atoms with Crippen LogP contribution in [0.1, 0.15) is 71.6 Å². The highest BCUT2D eigenvalue weighted by Gasteiger charge is 2.23. The predicted octanol–water partition coefficient (Wildman–Crippen LogP) is 3.32. The lowest BCUT2D eigenvalue weighted by atomic mass is 9.95. The van der Waals surface area contributed by atoms with Crippen molar-refractivity contribution in [3.63, 3.8) is 0 Å². The molecular weight excluding hydrogens is 236 g/mol. The molecule has 1 aliphatic carbocycles. The summed E-state index contributed by atoms with van der Waals surface area (Å²) in [6, 6.07) is 0.377. The maximum Gasteiger partial charge on any atom is 0.223 e. The SMILES string of the molecule is CCC(CC)N(CCN)C(=O)CC1CCCCCC1. The molecule has 1 fully saturated rings. The fourth-order valence-corrected chi connectivity index (χ4v) is 3.31. The first-order valence-electron chi connectivity index (χ1n) is 8.22. The van der Waals surface area contributed by atoms with Crippen LogP contribution in [0.25, 0.3) is 0 Å². The monoisotopic (exact) mass is 268 g/mol. The van der Waals surface area contributed by atoms with Crippen molar-refractivity contribution >= 4 is 5.91 Å². The van der Waals surface area contributed by atoms with E-state index in [1.807, 2.05) is 4.90 Å². The molecule has 0 bridgehead atoms. The molecule has 0 heterocycles. The van der Waals surface area contributed by atoms with Crippen LogP contribution in [0.4, 0.5) is 0 Å². The van der Waals surface area contributed by atoms with Crippen molar-refractivity contribution in [3.05, 3.63) is 0 Å². The van der Waals surface area contributed by atoms with Crippen LogP contribution in [-0.2, 0) is 4.79 Å². The lowest BCUT2D eigenvalue weighted by Crippen LogP contribution is -2.43. The summed E-state index contributed by atoms with van der Waals surface area (Å²) in [5.74, 6) is 0.954. The molecule has 0 unspecified atom stereocenters. The molecule has 1 amide bonds. The smallest absolute Gasteiger partial charge is 0.223 e. The van der Waals surface area contributed by atoms with Gasteiger partial charge in [0.1, 0.15) is 0 Å². The molecule has 0 radical (unpaired) electrons. The highest BCUT2D eigenvalue weighted by molar-refractivity contribution is 5.76. The molecular formula is C16H32N2O. The Bertz CT molecular complexity index is 243. The molecule has 0 aromatic heterocycles. The second kappa shape index (κ2) is 9.35. The quantitative estimate of drug-likeness (QED) is 0.720. The van der Waals surface area contributed by atoms with Crippen LogP contribution in [0.5, 0.6) is 0 Å². The Morgan fingerprint density at radius 2 is 1.74 bits per heavy atom. The molecule has 2 N–H and O–H groups in total. The van der Waals surface area contributed by atoms with Gasteiger partial charge in [0.15, 0.2) is 0 Å². The normalized spacial score (nSPS) is 17.5. The number of hydrogen-bond donors (Lipinski definition) is 1. The Morgan fingerprint density at radius 3 is 2.21 bits per heavy atom. The number of hydrogen-bond acceptors (Lipinski definition) is 2. The first-order valence-corrected chi connectivity index (χ1v) is 8.22. The third-order valence-electron chi connectivity index (χ3n) is 4.51. The second-order valence-electron chi connectivity index (χ2n) is 5.91. The van der Waals surface area contributed by atoms with Gasteiger partial charge >= 0.3 is 0 Å². The Labute approximate surface area is 118 Å². The van der Waals surface area contributed by atoms with Crippen LogP contribution in [-0.4, -0.2) is 29.9 Å². The summed E-state index contributed by atoms with van der Waals surface area (Å²) in [5.41, 5.74) is 5.68. The van der Waals surface area contributed by atoms with Crippen molar-refractivity contribution in [2.45, 2.75) is 77.7 Å². The van der Waals surface area contributed by atoms with Crippen molar-refractivity contribution in [2.24, 2.45) is 11.7 Å². The summed E-state index contributed by atoms with van der Waals surface area (Å²) >= 11 is 0. The highest BCUT2D eigenvalue weighted by atomic mass is 16.2. The van der Waals surface area contributed by atoms with Crippen LogP contribution in [0.2, 0.25) is 0 Å². The van der Waals surface area contributed by atoms with E-state index in [2.05, 4.69) is 13.8 Å². The van der Waals surface area contributed by atoms with E-state index < -0.39 is 0 Å². The minimum atomic E-state index is 0.339. The molecule has 0 atom stereocenters. The van der Waals surface area contributed by atoms with Crippen LogP contribution in [0.3, 0.4) is 0 Å². The van der Waals surface area contributed by atoms with Gasteiger partial charge in [0.05, 0.1) is 0 Å². The fraction of sp³-hybridized carbons (Fsp3) is 0.938. The van der Waals surface area contributed by atoms with Crippen molar-refractivity contribution < 1.29 is 4.79 Å². The molecule has 1 aliphatic rings. The van der Waals surface area contributed by atoms with Gasteiger partial charge < -0.3 is 10.6 Å². The van der Waals surface area contributed by atoms with E-state index in [0.29, 0.717) is 24.4 Å². The maximum absolute atomic E-state index is 12.5. The lowest BCUT2D eigenvalue weighted by molar-refractivity contribution is -0.134. The largest absolute Gasteiger partial charge is 0.338 e. The Morgan fingerprint density at radius 1 is 1.16 bits per heavy atom. The number of carbonyl (C=O) groups excluding carboxylic acids is 1. The zero-order valence-electron chi connectivity index (χ0n) is 12.9. The van der Waals surface area contributed by atoms with Crippen molar-refractivity contribution in [1.29, 1.82) is 0 Å². The third-order valence-corrected chi connectivity index (χ3v) is 4.51. The van der Waals surface area contributed by atoms with Crippen molar-refractivity contribution in [2.75, 3.05) is 13.1 Å². The second-order valence-corrected chi connectivity index (χ2v) is 5.91. The molecule has 1 rings (SSSR count). The first kappa shape index (κ1) is 16.5. The zero-order chi connectivity index (χ0) is 14.1. The summed E-state index contributed by atoms with van der Waals surface area (Å²) < 4.78 is 0. The van der Waals surface area contributed by atoms with Crippen molar-refractivity contribution in [3.8, 4) is 0 Å². The summed E-state index contributed by atoms with van der Waals surface area (Å²) in [4.78, 5) is 14.6. The number of nitrogens with zero attached hydrogens (tertiary/aromatic N) is 1. The standard InChI is InChI=1S/C16H32N2O/c1-3-15(4-2)18(12-11-17)16(19)13-14-9-7-5-6-8-10-14/h14-15H,3-13,17H2,1-2H3. The Kier molecular flexibility index (Phi) is 8.11. The summed E-state index contributed by atoms with van der Waals surface area (Å²) in [6.07, 6.45) is 10.6. The molecule has 112 valence electrons. The van der Waals surface area contributed by atoms with Gasteiger partial charge in [-0.3, -0.25) is 4.79 Å². The molecule has 3 nitrogen and oxygen atoms in total. The van der Waals surface area contributed by atoms with Gasteiger partial charge in [-0.05, 0) is 31.6 Å². The van der Waals surface area contributed by atoms with E-state index in [1.54, 1.807) is 0 Å². The molecule has 19 heavy (non-hydrogen) atoms. The predicted molar refractivity (Wildman–Crippen MR) is 80.9 cm³/mol. The maximum atomic E-state index is 12.5. The molecule has 3 heteroatoms. The number of rotatable bonds is 7. The molecule has 0 aromatic rings. The topological polar surface area (TPSA) is 46.3 Å². The lowest BCUT2D eigenvalue weighted by Gasteiger charge is -2.31. The van der Waals surface area contributed by atoms with E-state index >= 15 is 0 Å². The number of carbonyl (C=O) groups is 1. The van der Waals surface area contributed by atoms with E-state index in [9.17, 15) is 4.79 Å². The van der Waals surface area contributed by atoms with Crippen LogP contribution >= 0.6 is 0 Å². The molecule has 0 spiro atoms. The molecule has 1 saturated carbocycles. The van der Waals surface area contributed by atoms with Gasteiger partial charge in [-0.1, -0.05) is 39.5 Å². The summed E-state index contributed by atoms with van der Waals surface area (Å²) in [6.45, 7) is 5.62. The van der Waals surface area contributed by atoms with Crippen LogP contribution in [0, 0.1) is 5.92 Å². The fourth-order valence-electron chi connectivity index (χ4n) is 3.31. The van der Waals surface area contributed by atoms with E-state index in [1.165, 1.54) is 38.5 Å². The summed E-state index contributed by atoms with van der Waals surface area (Å²) in [5, 5.41) is 0. The third kappa shape index (κ3) is 5.52. The van der Waals surface area contributed by atoms with Crippen molar-refractivity contribution in [1.82, 2.24) is 4.90 Å². The van der Waals surface area contributed by atoms with Gasteiger partial charge in [0, 0.05) is 25.6 Å². The van der Waals surface area contributed by atoms with Gasteiger partial charge in [0.2, 0.25) is 5.91 Å². The molecule has 0 saturated heterocycles. The first-order chi connectivity index (χ1) is 9.22. The molecule has 0 aliphatic heterocycles. The average molecular weight is 268 g/mol. The number of amides is 1. The minimum Gasteiger partial charge on any atom is -0.338 e. The van der Waals surface area contributed by atoms with Crippen LogP contribution in [0.15, 0.2) is 0 Å². The van der Waals surface area contributed by atoms with Gasteiger partial charge in [-0.2, -0.15) is 0 Å². The van der Waals surface area contributed by atoms with Gasteiger partial charge in [-0.25, -0.2) is 0 Å². The molecule has 0 aromatic carbocycles. The van der Waals surface area contributed by atoms with E-state index in [0.717, 1.165) is 25.8 Å². The van der Waals surface area contributed by atoms with Crippen LogP contribution < -0.4 is 5.73 Å². The average Bonchev–Trinajstić information content (AvgIpc) is 2.67. The zero-order valence-corrected chi connectivity index (χ0v) is 12.9. The Balaban J connectivity index is 2.54. The number of nitrogens with two attached hydrogens (primary N) is 1. The van der Waals surface area contributed by atoms with Gasteiger partial charge in [0.25, 0.3) is 0 Å². The van der Waals surface area contributed by atoms with Gasteiger partial charge in [-0.15, -0.1) is 0 Å². The van der Waals surface area contributed by atoms with E-state index in [4.69, 9.17) is 5.73 Å². The minimum absolute atomic E-state index is 0.339. The van der Waals surface area contributed by atoms with E-state index in [-0.39, 0.29) is 0 Å². The Hall–Kier alpha value is -0.570. The summed E-state index contributed by atoms with van der Waals surface area (Å²) in [7, 11) is 0. The highest BCUT2D eigenvalue weighted by Crippen LogP contribution is 2.26.